The summed E-state index contributed by atoms with van der Waals surface area (Å²) >= 11 is 0. The maximum Gasteiger partial charge on any atom is 0.419 e. The fourth-order valence-corrected chi connectivity index (χ4v) is 4.53. The molecule has 0 aliphatic heterocycles. The fourth-order valence-electron chi connectivity index (χ4n) is 4.53. The summed E-state index contributed by atoms with van der Waals surface area (Å²) in [6.45, 7) is 1.78. The van der Waals surface area contributed by atoms with Crippen LogP contribution in [0.15, 0.2) is 60.9 Å². The van der Waals surface area contributed by atoms with Crippen molar-refractivity contribution in [2.75, 3.05) is 0 Å². The van der Waals surface area contributed by atoms with Crippen LogP contribution in [0.4, 0.5) is 35.1 Å². The molecule has 0 amide bonds. The van der Waals surface area contributed by atoms with Gasteiger partial charge in [-0.1, -0.05) is 0 Å². The summed E-state index contributed by atoms with van der Waals surface area (Å²) in [6.07, 6.45) is -5.94. The van der Waals surface area contributed by atoms with Crippen LogP contribution in [-0.4, -0.2) is 32.5 Å². The van der Waals surface area contributed by atoms with Crippen LogP contribution < -0.4 is 11.5 Å². The second-order valence-electron chi connectivity index (χ2n) is 10.5. The SMILES string of the molecule is C[C@@](N)(Cn1ccc2cc(F)c(C(F)(F)F)cc21)OC(=O)/C=C/C(=O)O[C@](C)(N)Cn1ccc2cc(F)c(C(F)(F)F)cc21. The highest BCUT2D eigenvalue weighted by Gasteiger charge is 2.36. The summed E-state index contributed by atoms with van der Waals surface area (Å²) in [7, 11) is 0. The molecule has 2 atom stereocenters. The van der Waals surface area contributed by atoms with E-state index in [0.29, 0.717) is 36.4 Å². The first-order valence-corrected chi connectivity index (χ1v) is 12.6. The van der Waals surface area contributed by atoms with E-state index in [1.54, 1.807) is 0 Å². The number of carbonyl (C=O) groups is 2. The second kappa shape index (κ2) is 11.2. The van der Waals surface area contributed by atoms with Crippen LogP contribution in [0.25, 0.3) is 21.8 Å². The number of ether oxygens (including phenoxy) is 2. The molecule has 4 N–H and O–H groups in total. The normalized spacial score (nSPS) is 15.5. The van der Waals surface area contributed by atoms with Crippen molar-refractivity contribution in [3.63, 3.8) is 0 Å². The van der Waals surface area contributed by atoms with Crippen LogP contribution in [0.1, 0.15) is 25.0 Å². The zero-order valence-electron chi connectivity index (χ0n) is 22.9. The molecule has 236 valence electrons. The average molecular weight is 633 g/mol. The zero-order chi connectivity index (χ0) is 32.8. The van der Waals surface area contributed by atoms with Gasteiger partial charge in [0.05, 0.1) is 24.2 Å². The Morgan fingerprint density at radius 1 is 0.705 bits per heavy atom. The van der Waals surface area contributed by atoms with Gasteiger partial charge < -0.3 is 18.6 Å². The number of esters is 2. The largest absolute Gasteiger partial charge is 0.439 e. The molecule has 0 fully saturated rings. The molecule has 2 aromatic carbocycles. The van der Waals surface area contributed by atoms with E-state index < -0.39 is 58.5 Å². The lowest BCUT2D eigenvalue weighted by atomic mass is 10.1. The van der Waals surface area contributed by atoms with Gasteiger partial charge in [0.2, 0.25) is 0 Å². The Kier molecular flexibility index (Phi) is 8.30. The van der Waals surface area contributed by atoms with E-state index in [1.165, 1.54) is 47.5 Å². The molecule has 0 spiro atoms. The van der Waals surface area contributed by atoms with Gasteiger partial charge in [0.15, 0.2) is 11.4 Å². The van der Waals surface area contributed by atoms with Crippen molar-refractivity contribution < 1.29 is 54.2 Å². The summed E-state index contributed by atoms with van der Waals surface area (Å²) in [5.41, 5.74) is 5.36. The third kappa shape index (κ3) is 7.37. The minimum absolute atomic E-state index is 0.0250. The lowest BCUT2D eigenvalue weighted by Crippen LogP contribution is -2.45. The number of hydrogen-bond donors (Lipinski definition) is 2. The van der Waals surface area contributed by atoms with Crippen LogP contribution >= 0.6 is 0 Å². The maximum atomic E-state index is 13.9. The minimum atomic E-state index is -4.95. The van der Waals surface area contributed by atoms with Crippen LogP contribution in [0.5, 0.6) is 0 Å². The standard InChI is InChI=1S/C28H24F8N4O4/c1-25(37,13-39-7-5-15-9-19(29)17(11-21(15)39)27(31,32)33)43-23(41)3-4-24(42)44-26(2,38)14-40-8-6-16-10-20(30)18(12-22(16)40)28(34,35)36/h3-12H,13-14,37-38H2,1-2H3/b4-3+/t25-,26-/m0/s1. The molecule has 0 saturated heterocycles. The number of aromatic nitrogens is 2. The van der Waals surface area contributed by atoms with Crippen molar-refractivity contribution in [3.8, 4) is 0 Å². The molecule has 0 radical (unpaired) electrons. The molecule has 0 unspecified atom stereocenters. The van der Waals surface area contributed by atoms with Gasteiger partial charge in [0.1, 0.15) is 11.6 Å². The maximum absolute atomic E-state index is 13.9. The third-order valence-corrected chi connectivity index (χ3v) is 6.32. The molecule has 44 heavy (non-hydrogen) atoms. The summed E-state index contributed by atoms with van der Waals surface area (Å²) < 4.78 is 119. The zero-order valence-corrected chi connectivity index (χ0v) is 22.9. The monoisotopic (exact) mass is 632 g/mol. The first-order chi connectivity index (χ1) is 20.1. The Labute approximate surface area is 243 Å². The first-order valence-electron chi connectivity index (χ1n) is 12.6. The van der Waals surface area contributed by atoms with Gasteiger partial charge in [0.25, 0.3) is 0 Å². The van der Waals surface area contributed by atoms with Gasteiger partial charge in [-0.2, -0.15) is 26.3 Å². The number of benzene rings is 2. The quantitative estimate of drug-likeness (QED) is 0.113. The van der Waals surface area contributed by atoms with Gasteiger partial charge in [-0.15, -0.1) is 0 Å². The van der Waals surface area contributed by atoms with Gasteiger partial charge >= 0.3 is 24.3 Å². The number of halogens is 8. The minimum Gasteiger partial charge on any atom is -0.439 e. The van der Waals surface area contributed by atoms with Crippen molar-refractivity contribution in [1.82, 2.24) is 9.13 Å². The van der Waals surface area contributed by atoms with E-state index in [1.807, 2.05) is 0 Å². The van der Waals surface area contributed by atoms with Gasteiger partial charge in [-0.3, -0.25) is 11.5 Å². The number of alkyl halides is 6. The van der Waals surface area contributed by atoms with Crippen LogP contribution in [0, 0.1) is 11.6 Å². The number of carbonyl (C=O) groups excluding carboxylic acids is 2. The molecular formula is C28H24F8N4O4. The molecule has 2 heterocycles. The van der Waals surface area contributed by atoms with Crippen LogP contribution in [0.2, 0.25) is 0 Å². The number of nitrogens with zero attached hydrogens (tertiary/aromatic N) is 2. The highest BCUT2D eigenvalue weighted by Crippen LogP contribution is 2.35. The third-order valence-electron chi connectivity index (χ3n) is 6.32. The number of nitrogens with two attached hydrogens (primary N) is 2. The summed E-state index contributed by atoms with van der Waals surface area (Å²) in [5, 5.41) is 0.289. The smallest absolute Gasteiger partial charge is 0.419 e. The first kappa shape index (κ1) is 32.5. The Balaban J connectivity index is 1.40. The van der Waals surface area contributed by atoms with E-state index in [9.17, 15) is 44.7 Å². The van der Waals surface area contributed by atoms with Gasteiger partial charge in [-0.25, -0.2) is 18.4 Å². The molecule has 8 nitrogen and oxygen atoms in total. The highest BCUT2D eigenvalue weighted by molar-refractivity contribution is 5.92. The topological polar surface area (TPSA) is 114 Å². The van der Waals surface area contributed by atoms with Crippen LogP contribution in [-0.2, 0) is 44.5 Å². The molecule has 0 aliphatic carbocycles. The second-order valence-corrected chi connectivity index (χ2v) is 10.5. The van der Waals surface area contributed by atoms with E-state index >= 15 is 0 Å². The van der Waals surface area contributed by atoms with E-state index in [2.05, 4.69) is 0 Å². The molecule has 2 aromatic heterocycles. The Bertz CT molecular complexity index is 1640. The van der Waals surface area contributed by atoms with Crippen molar-refractivity contribution in [2.24, 2.45) is 11.5 Å². The van der Waals surface area contributed by atoms with Crippen molar-refractivity contribution in [3.05, 3.63) is 83.7 Å². The molecule has 0 aliphatic rings. The molecule has 4 aromatic rings. The van der Waals surface area contributed by atoms with E-state index in [0.717, 1.165) is 0 Å². The molecular weight excluding hydrogens is 608 g/mol. The van der Waals surface area contributed by atoms with Gasteiger partial charge in [0, 0.05) is 46.4 Å². The van der Waals surface area contributed by atoms with Crippen molar-refractivity contribution in [1.29, 1.82) is 0 Å². The fraction of sp³-hybridized carbons (Fsp3) is 0.286. The van der Waals surface area contributed by atoms with Gasteiger partial charge in [-0.05, 0) is 50.2 Å². The summed E-state index contributed by atoms with van der Waals surface area (Å²) in [4.78, 5) is 24.7. The molecule has 0 saturated carbocycles. The number of hydrogen-bond acceptors (Lipinski definition) is 6. The summed E-state index contributed by atoms with van der Waals surface area (Å²) in [5.74, 6) is -5.18. The predicted octanol–water partition coefficient (Wildman–Crippen LogP) is 5.60. The summed E-state index contributed by atoms with van der Waals surface area (Å²) in [6, 6.07) is 5.33. The predicted molar refractivity (Wildman–Crippen MR) is 140 cm³/mol. The van der Waals surface area contributed by atoms with Crippen molar-refractivity contribution >= 4 is 33.7 Å². The van der Waals surface area contributed by atoms with Crippen molar-refractivity contribution in [2.45, 2.75) is 50.7 Å². The van der Waals surface area contributed by atoms with E-state index in [4.69, 9.17) is 20.9 Å². The van der Waals surface area contributed by atoms with Crippen LogP contribution in [0.3, 0.4) is 0 Å². The Morgan fingerprint density at radius 2 is 1.05 bits per heavy atom. The molecule has 0 bridgehead atoms. The molecule has 4 rings (SSSR count). The highest BCUT2D eigenvalue weighted by atomic mass is 19.4. The lowest BCUT2D eigenvalue weighted by molar-refractivity contribution is -0.155. The number of fused-ring (bicyclic) bond motifs is 2. The lowest BCUT2D eigenvalue weighted by Gasteiger charge is -2.26. The van der Waals surface area contributed by atoms with E-state index in [-0.39, 0.29) is 34.9 Å². The number of rotatable bonds is 8. The Morgan fingerprint density at radius 3 is 1.36 bits per heavy atom. The average Bonchev–Trinajstić information content (AvgIpc) is 3.41. The molecule has 16 heteroatoms. The Hall–Kier alpha value is -4.44.